The van der Waals surface area contributed by atoms with Crippen LogP contribution in [0.3, 0.4) is 0 Å². The van der Waals surface area contributed by atoms with Crippen LogP contribution in [0.2, 0.25) is 5.15 Å². The van der Waals surface area contributed by atoms with Crippen LogP contribution in [0.5, 0.6) is 0 Å². The van der Waals surface area contributed by atoms with Gasteiger partial charge in [0.1, 0.15) is 17.3 Å². The Kier molecular flexibility index (Phi) is 3.41. The molecule has 19 heavy (non-hydrogen) atoms. The molecular formula is C12H13ClN6. The predicted octanol–water partition coefficient (Wildman–Crippen LogP) is 1.25. The fraction of sp³-hybridized carbons (Fsp3) is 0.333. The molecule has 7 heteroatoms. The predicted molar refractivity (Wildman–Crippen MR) is 73.5 cm³/mol. The van der Waals surface area contributed by atoms with Crippen molar-refractivity contribution in [1.82, 2.24) is 19.9 Å². The lowest BCUT2D eigenvalue weighted by molar-refractivity contribution is 0.634. The minimum atomic E-state index is 0.471. The van der Waals surface area contributed by atoms with E-state index in [2.05, 4.69) is 29.7 Å². The van der Waals surface area contributed by atoms with E-state index in [1.807, 2.05) is 6.07 Å². The molecule has 0 radical (unpaired) electrons. The van der Waals surface area contributed by atoms with Gasteiger partial charge in [0, 0.05) is 44.6 Å². The maximum Gasteiger partial charge on any atom is 0.225 e. The summed E-state index contributed by atoms with van der Waals surface area (Å²) < 4.78 is 0. The number of rotatable bonds is 2. The van der Waals surface area contributed by atoms with E-state index in [0.717, 1.165) is 37.9 Å². The monoisotopic (exact) mass is 276 g/mol. The summed E-state index contributed by atoms with van der Waals surface area (Å²) in [6, 6.07) is 3.61. The lowest BCUT2D eigenvalue weighted by Gasteiger charge is -2.35. The highest BCUT2D eigenvalue weighted by atomic mass is 35.5. The van der Waals surface area contributed by atoms with E-state index >= 15 is 0 Å². The van der Waals surface area contributed by atoms with E-state index in [1.54, 1.807) is 18.5 Å². The molecule has 0 bridgehead atoms. The van der Waals surface area contributed by atoms with Gasteiger partial charge in [-0.2, -0.15) is 0 Å². The molecule has 98 valence electrons. The summed E-state index contributed by atoms with van der Waals surface area (Å²) in [4.78, 5) is 21.0. The second-order valence-electron chi connectivity index (χ2n) is 4.22. The van der Waals surface area contributed by atoms with E-state index in [0.29, 0.717) is 5.15 Å². The highest BCUT2D eigenvalue weighted by molar-refractivity contribution is 6.29. The number of aromatic nitrogens is 4. The molecule has 1 aliphatic rings. The van der Waals surface area contributed by atoms with Gasteiger partial charge in [-0.25, -0.2) is 19.9 Å². The van der Waals surface area contributed by atoms with E-state index in [4.69, 9.17) is 11.6 Å². The second kappa shape index (κ2) is 5.36. The van der Waals surface area contributed by atoms with E-state index < -0.39 is 0 Å². The molecule has 3 heterocycles. The van der Waals surface area contributed by atoms with Crippen molar-refractivity contribution in [2.75, 3.05) is 36.0 Å². The van der Waals surface area contributed by atoms with Gasteiger partial charge in [0.2, 0.25) is 5.95 Å². The van der Waals surface area contributed by atoms with E-state index in [1.165, 1.54) is 6.33 Å². The highest BCUT2D eigenvalue weighted by Gasteiger charge is 2.19. The Morgan fingerprint density at radius 1 is 0.895 bits per heavy atom. The third kappa shape index (κ3) is 2.73. The fourth-order valence-electron chi connectivity index (χ4n) is 2.09. The van der Waals surface area contributed by atoms with Crippen LogP contribution >= 0.6 is 11.6 Å². The van der Waals surface area contributed by atoms with Crippen LogP contribution in [0.1, 0.15) is 0 Å². The molecule has 1 fully saturated rings. The molecule has 2 aromatic rings. The molecule has 0 aliphatic carbocycles. The van der Waals surface area contributed by atoms with Crippen molar-refractivity contribution in [2.45, 2.75) is 0 Å². The number of anilines is 2. The quantitative estimate of drug-likeness (QED) is 0.770. The van der Waals surface area contributed by atoms with Crippen LogP contribution in [0, 0.1) is 0 Å². The van der Waals surface area contributed by atoms with E-state index in [-0.39, 0.29) is 0 Å². The molecule has 6 nitrogen and oxygen atoms in total. The minimum absolute atomic E-state index is 0.471. The number of nitrogens with zero attached hydrogens (tertiary/aromatic N) is 6. The van der Waals surface area contributed by atoms with Gasteiger partial charge < -0.3 is 9.80 Å². The molecule has 0 aromatic carbocycles. The van der Waals surface area contributed by atoms with Crippen LogP contribution in [0.15, 0.2) is 30.9 Å². The molecule has 1 saturated heterocycles. The maximum atomic E-state index is 5.88. The number of hydrogen-bond acceptors (Lipinski definition) is 6. The van der Waals surface area contributed by atoms with Gasteiger partial charge in [0.15, 0.2) is 0 Å². The van der Waals surface area contributed by atoms with Crippen LogP contribution in [-0.2, 0) is 0 Å². The summed E-state index contributed by atoms with van der Waals surface area (Å²) in [6.45, 7) is 3.47. The average Bonchev–Trinajstić information content (AvgIpc) is 2.48. The molecule has 0 N–H and O–H groups in total. The molecule has 0 spiro atoms. The Hall–Kier alpha value is -1.95. The lowest BCUT2D eigenvalue weighted by atomic mass is 10.3. The van der Waals surface area contributed by atoms with Crippen molar-refractivity contribution in [2.24, 2.45) is 0 Å². The van der Waals surface area contributed by atoms with Crippen LogP contribution < -0.4 is 9.80 Å². The molecule has 0 amide bonds. The van der Waals surface area contributed by atoms with Gasteiger partial charge in [-0.1, -0.05) is 11.6 Å². The van der Waals surface area contributed by atoms with E-state index in [9.17, 15) is 0 Å². The van der Waals surface area contributed by atoms with Crippen molar-refractivity contribution in [3.05, 3.63) is 36.0 Å². The summed E-state index contributed by atoms with van der Waals surface area (Å²) in [5.74, 6) is 1.65. The van der Waals surface area contributed by atoms with Gasteiger partial charge >= 0.3 is 0 Å². The average molecular weight is 277 g/mol. The van der Waals surface area contributed by atoms with Gasteiger partial charge in [-0.05, 0) is 6.07 Å². The van der Waals surface area contributed by atoms with Crippen molar-refractivity contribution in [1.29, 1.82) is 0 Å². The first-order valence-electron chi connectivity index (χ1n) is 6.07. The molecule has 2 aromatic heterocycles. The Balaban J connectivity index is 1.67. The second-order valence-corrected chi connectivity index (χ2v) is 4.61. The molecule has 0 atom stereocenters. The van der Waals surface area contributed by atoms with Crippen molar-refractivity contribution < 1.29 is 0 Å². The zero-order valence-corrected chi connectivity index (χ0v) is 11.0. The molecule has 0 unspecified atom stereocenters. The number of hydrogen-bond donors (Lipinski definition) is 0. The Morgan fingerprint density at radius 2 is 1.58 bits per heavy atom. The molecule has 0 saturated carbocycles. The summed E-state index contributed by atoms with van der Waals surface area (Å²) in [6.07, 6.45) is 5.02. The first-order valence-corrected chi connectivity index (χ1v) is 6.45. The fourth-order valence-corrected chi connectivity index (χ4v) is 2.23. The smallest absolute Gasteiger partial charge is 0.225 e. The van der Waals surface area contributed by atoms with Gasteiger partial charge in [-0.15, -0.1) is 0 Å². The maximum absolute atomic E-state index is 5.88. The minimum Gasteiger partial charge on any atom is -0.353 e. The van der Waals surface area contributed by atoms with Gasteiger partial charge in [0.05, 0.1) is 0 Å². The first kappa shape index (κ1) is 12.1. The van der Waals surface area contributed by atoms with Crippen LogP contribution in [0.4, 0.5) is 11.8 Å². The Bertz CT molecular complexity index is 541. The normalized spacial score (nSPS) is 15.6. The topological polar surface area (TPSA) is 58.0 Å². The lowest BCUT2D eigenvalue weighted by Crippen LogP contribution is -2.47. The SMILES string of the molecule is Clc1cc(N2CCN(c3ncccn3)CC2)ncn1. The highest BCUT2D eigenvalue weighted by Crippen LogP contribution is 2.17. The summed E-state index contributed by atoms with van der Waals surface area (Å²) in [7, 11) is 0. The zero-order chi connectivity index (χ0) is 13.1. The summed E-state index contributed by atoms with van der Waals surface area (Å²) in [5.41, 5.74) is 0. The molecule has 1 aliphatic heterocycles. The van der Waals surface area contributed by atoms with Crippen LogP contribution in [-0.4, -0.2) is 46.1 Å². The third-order valence-electron chi connectivity index (χ3n) is 3.06. The van der Waals surface area contributed by atoms with Crippen molar-refractivity contribution in [3.8, 4) is 0 Å². The first-order chi connectivity index (χ1) is 9.33. The number of halogens is 1. The summed E-state index contributed by atoms with van der Waals surface area (Å²) in [5, 5.41) is 0.471. The Labute approximate surface area is 116 Å². The zero-order valence-electron chi connectivity index (χ0n) is 10.3. The number of piperazine rings is 1. The van der Waals surface area contributed by atoms with Crippen molar-refractivity contribution in [3.63, 3.8) is 0 Å². The van der Waals surface area contributed by atoms with Gasteiger partial charge in [-0.3, -0.25) is 0 Å². The third-order valence-corrected chi connectivity index (χ3v) is 3.26. The largest absolute Gasteiger partial charge is 0.353 e. The van der Waals surface area contributed by atoms with Crippen LogP contribution in [0.25, 0.3) is 0 Å². The molecular weight excluding hydrogens is 264 g/mol. The summed E-state index contributed by atoms with van der Waals surface area (Å²) >= 11 is 5.88. The Morgan fingerprint density at radius 3 is 2.26 bits per heavy atom. The molecule has 3 rings (SSSR count). The van der Waals surface area contributed by atoms with Gasteiger partial charge in [0.25, 0.3) is 0 Å². The standard InChI is InChI=1S/C12H13ClN6/c13-10-8-11(17-9-16-10)18-4-6-19(7-5-18)12-14-2-1-3-15-12/h1-3,8-9H,4-7H2. The van der Waals surface area contributed by atoms with Crippen molar-refractivity contribution >= 4 is 23.4 Å².